The average molecular weight is 358 g/mol. The number of carbonyl (C=O) groups is 1. The van der Waals surface area contributed by atoms with Crippen molar-refractivity contribution in [3.8, 4) is 0 Å². The number of carbonyl (C=O) groups excluding carboxylic acids is 1. The lowest BCUT2D eigenvalue weighted by Crippen LogP contribution is -2.49. The minimum Gasteiger partial charge on any atom is -0.369 e. The first-order chi connectivity index (χ1) is 12.0. The van der Waals surface area contributed by atoms with Crippen LogP contribution < -0.4 is 4.90 Å². The summed E-state index contributed by atoms with van der Waals surface area (Å²) in [5, 5.41) is 2.06. The molecule has 1 amide bonds. The van der Waals surface area contributed by atoms with Gasteiger partial charge in [-0.3, -0.25) is 9.69 Å². The Labute approximate surface area is 154 Å². The zero-order chi connectivity index (χ0) is 17.8. The zero-order valence-electron chi connectivity index (χ0n) is 15.4. The van der Waals surface area contributed by atoms with E-state index in [4.69, 9.17) is 0 Å². The molecule has 1 aromatic carbocycles. The molecule has 4 nitrogen and oxygen atoms in total. The van der Waals surface area contributed by atoms with Gasteiger partial charge in [-0.25, -0.2) is 0 Å². The van der Waals surface area contributed by atoms with E-state index in [0.717, 1.165) is 26.2 Å². The van der Waals surface area contributed by atoms with Gasteiger partial charge >= 0.3 is 0 Å². The monoisotopic (exact) mass is 357 g/mol. The fraction of sp³-hybridized carbons (Fsp3) is 0.450. The van der Waals surface area contributed by atoms with Crippen LogP contribution >= 0.6 is 11.3 Å². The Kier molecular flexibility index (Phi) is 5.76. The van der Waals surface area contributed by atoms with Crippen molar-refractivity contribution in [1.29, 1.82) is 0 Å². The van der Waals surface area contributed by atoms with Crippen LogP contribution in [0.1, 0.15) is 16.0 Å². The molecule has 0 aliphatic carbocycles. The second-order valence-electron chi connectivity index (χ2n) is 6.81. The number of rotatable bonds is 5. The third-order valence-electron chi connectivity index (χ3n) is 5.05. The Hall–Kier alpha value is -1.85. The lowest BCUT2D eigenvalue weighted by atomic mass is 10.1. The van der Waals surface area contributed by atoms with E-state index in [1.807, 2.05) is 18.0 Å². The number of hydrogen-bond donors (Lipinski definition) is 0. The number of anilines is 1. The number of piperazine rings is 1. The summed E-state index contributed by atoms with van der Waals surface area (Å²) >= 11 is 1.70. The van der Waals surface area contributed by atoms with E-state index in [-0.39, 0.29) is 5.91 Å². The van der Waals surface area contributed by atoms with Crippen molar-refractivity contribution in [3.63, 3.8) is 0 Å². The summed E-state index contributed by atoms with van der Waals surface area (Å²) in [5.74, 6) is 0.202. The summed E-state index contributed by atoms with van der Waals surface area (Å²) < 4.78 is 0. The molecule has 0 bridgehead atoms. The molecule has 2 heterocycles. The molecule has 1 fully saturated rings. The summed E-state index contributed by atoms with van der Waals surface area (Å²) in [6, 6.07) is 10.6. The smallest absolute Gasteiger partial charge is 0.236 e. The molecule has 0 unspecified atom stereocenters. The summed E-state index contributed by atoms with van der Waals surface area (Å²) in [4.78, 5) is 20.2. The zero-order valence-corrected chi connectivity index (χ0v) is 16.2. The minimum absolute atomic E-state index is 0.202. The summed E-state index contributed by atoms with van der Waals surface area (Å²) in [6.45, 7) is 9.41. The maximum Gasteiger partial charge on any atom is 0.236 e. The number of amides is 1. The van der Waals surface area contributed by atoms with Crippen LogP contribution in [0.15, 0.2) is 35.7 Å². The highest BCUT2D eigenvalue weighted by atomic mass is 32.1. The van der Waals surface area contributed by atoms with E-state index < -0.39 is 0 Å². The van der Waals surface area contributed by atoms with E-state index in [9.17, 15) is 4.79 Å². The second kappa shape index (κ2) is 8.02. The number of aryl methyl sites for hydroxylation is 1. The predicted molar refractivity (Wildman–Crippen MR) is 105 cm³/mol. The van der Waals surface area contributed by atoms with E-state index in [1.54, 1.807) is 11.3 Å². The van der Waals surface area contributed by atoms with Crippen LogP contribution in [0.4, 0.5) is 5.69 Å². The van der Waals surface area contributed by atoms with Crippen LogP contribution in [0.3, 0.4) is 0 Å². The van der Waals surface area contributed by atoms with E-state index >= 15 is 0 Å². The highest BCUT2D eigenvalue weighted by Crippen LogP contribution is 2.23. The van der Waals surface area contributed by atoms with Crippen molar-refractivity contribution in [2.24, 2.45) is 0 Å². The van der Waals surface area contributed by atoms with Gasteiger partial charge in [0.2, 0.25) is 5.91 Å². The molecule has 3 rings (SSSR count). The molecule has 1 aliphatic heterocycles. The molecule has 0 atom stereocenters. The van der Waals surface area contributed by atoms with Crippen molar-refractivity contribution in [2.45, 2.75) is 20.4 Å². The second-order valence-corrected chi connectivity index (χ2v) is 7.84. The molecule has 0 saturated carbocycles. The van der Waals surface area contributed by atoms with E-state index in [0.29, 0.717) is 13.1 Å². The van der Waals surface area contributed by atoms with Gasteiger partial charge in [0.25, 0.3) is 0 Å². The number of likely N-dealkylation sites (N-methyl/N-ethyl adjacent to an activating group) is 1. The number of thiophene rings is 1. The van der Waals surface area contributed by atoms with Crippen LogP contribution in [0.5, 0.6) is 0 Å². The molecule has 0 N–H and O–H groups in total. The highest BCUT2D eigenvalue weighted by Gasteiger charge is 2.21. The third-order valence-corrected chi connectivity index (χ3v) is 5.91. The molecule has 0 radical (unpaired) electrons. The van der Waals surface area contributed by atoms with Crippen molar-refractivity contribution >= 4 is 22.9 Å². The molecule has 1 aliphatic rings. The minimum atomic E-state index is 0.202. The van der Waals surface area contributed by atoms with Crippen molar-refractivity contribution in [2.75, 3.05) is 44.7 Å². The van der Waals surface area contributed by atoms with Gasteiger partial charge in [-0.15, -0.1) is 11.3 Å². The fourth-order valence-corrected chi connectivity index (χ4v) is 4.02. The summed E-state index contributed by atoms with van der Waals surface area (Å²) in [6.07, 6.45) is 0. The Morgan fingerprint density at radius 2 is 1.88 bits per heavy atom. The highest BCUT2D eigenvalue weighted by molar-refractivity contribution is 7.09. The van der Waals surface area contributed by atoms with E-state index in [2.05, 4.69) is 53.3 Å². The van der Waals surface area contributed by atoms with Crippen LogP contribution in [0.2, 0.25) is 0 Å². The van der Waals surface area contributed by atoms with Crippen LogP contribution in [-0.4, -0.2) is 55.5 Å². The van der Waals surface area contributed by atoms with Gasteiger partial charge in [0.15, 0.2) is 0 Å². The van der Waals surface area contributed by atoms with Gasteiger partial charge in [0.05, 0.1) is 13.1 Å². The van der Waals surface area contributed by atoms with Gasteiger partial charge in [-0.1, -0.05) is 18.2 Å². The van der Waals surface area contributed by atoms with Crippen LogP contribution in [0, 0.1) is 13.8 Å². The SMILES string of the molecule is Cc1cccc(N2CCN(CC(=O)N(C)Cc3cccs3)CC2)c1C. The molecule has 25 heavy (non-hydrogen) atoms. The predicted octanol–water partition coefficient (Wildman–Crippen LogP) is 3.15. The average Bonchev–Trinajstić information content (AvgIpc) is 3.11. The molecule has 1 aromatic heterocycles. The quantitative estimate of drug-likeness (QED) is 0.822. The lowest BCUT2D eigenvalue weighted by Gasteiger charge is -2.37. The lowest BCUT2D eigenvalue weighted by molar-refractivity contribution is -0.131. The van der Waals surface area contributed by atoms with Crippen LogP contribution in [0.25, 0.3) is 0 Å². The standard InChI is InChI=1S/C20H27N3OS/c1-16-6-4-8-19(17(16)2)23-11-9-22(10-12-23)15-20(24)21(3)14-18-7-5-13-25-18/h4-8,13H,9-12,14-15H2,1-3H3. The van der Waals surface area contributed by atoms with Gasteiger partial charge in [0, 0.05) is 43.8 Å². The maximum absolute atomic E-state index is 12.5. The summed E-state index contributed by atoms with van der Waals surface area (Å²) in [7, 11) is 1.90. The first-order valence-corrected chi connectivity index (χ1v) is 9.72. The number of benzene rings is 1. The van der Waals surface area contributed by atoms with Crippen molar-refractivity contribution in [1.82, 2.24) is 9.80 Å². The Morgan fingerprint density at radius 1 is 1.12 bits per heavy atom. The van der Waals surface area contributed by atoms with Crippen molar-refractivity contribution < 1.29 is 4.79 Å². The van der Waals surface area contributed by atoms with Gasteiger partial charge in [0.1, 0.15) is 0 Å². The molecule has 5 heteroatoms. The molecular formula is C20H27N3OS. The van der Waals surface area contributed by atoms with Gasteiger partial charge in [-0.2, -0.15) is 0 Å². The fourth-order valence-electron chi connectivity index (χ4n) is 3.26. The van der Waals surface area contributed by atoms with Crippen molar-refractivity contribution in [3.05, 3.63) is 51.7 Å². The van der Waals surface area contributed by atoms with E-state index in [1.165, 1.54) is 21.7 Å². The largest absolute Gasteiger partial charge is 0.369 e. The Balaban J connectivity index is 1.50. The topological polar surface area (TPSA) is 26.8 Å². The van der Waals surface area contributed by atoms with Gasteiger partial charge in [-0.05, 0) is 42.5 Å². The van der Waals surface area contributed by atoms with Gasteiger partial charge < -0.3 is 9.80 Å². The first kappa shape index (κ1) is 18.0. The molecule has 0 spiro atoms. The summed E-state index contributed by atoms with van der Waals surface area (Å²) in [5.41, 5.74) is 4.04. The molecule has 1 saturated heterocycles. The third kappa shape index (κ3) is 4.41. The molecule has 2 aromatic rings. The Morgan fingerprint density at radius 3 is 2.56 bits per heavy atom. The first-order valence-electron chi connectivity index (χ1n) is 8.84. The number of hydrogen-bond acceptors (Lipinski definition) is 4. The maximum atomic E-state index is 12.5. The molecule has 134 valence electrons. The Bertz CT molecular complexity index is 706. The number of nitrogens with zero attached hydrogens (tertiary/aromatic N) is 3. The normalized spacial score (nSPS) is 15.4. The van der Waals surface area contributed by atoms with Crippen LogP contribution in [-0.2, 0) is 11.3 Å². The molecular weight excluding hydrogens is 330 g/mol.